The molecule has 3 atom stereocenters. The number of nitrogens with zero attached hydrogens (tertiary/aromatic N) is 2. The van der Waals surface area contributed by atoms with Gasteiger partial charge in [-0.05, 0) is 128 Å². The molecule has 0 saturated carbocycles. The smallest absolute Gasteiger partial charge is 0.0657 e. The Hall–Kier alpha value is -7.33. The molecule has 3 unspecified atom stereocenters. The zero-order valence-electron chi connectivity index (χ0n) is 37.4. The van der Waals surface area contributed by atoms with Crippen LogP contribution in [-0.2, 0) is 12.8 Å². The highest BCUT2D eigenvalue weighted by atomic mass is 32.1. The summed E-state index contributed by atoms with van der Waals surface area (Å²) >= 11 is 1.98. The Bertz CT molecular complexity index is 4120. The molecule has 2 nitrogen and oxygen atoms in total. The van der Waals surface area contributed by atoms with Gasteiger partial charge in [-0.1, -0.05) is 171 Å². The highest BCUT2D eigenvalue weighted by Gasteiger charge is 2.37. The minimum absolute atomic E-state index is 0.0406. The number of thiophene rings is 1. The van der Waals surface area contributed by atoms with E-state index in [1.165, 1.54) is 136 Å². The standard InChI is InChI=1S/C64H46N2S/c1-37-26-35-54(46-32-31-41-28-27-39-15-3-6-18-43(39)58(41)47-21-9-8-20-45(46)47)65-61(64-57(37)50-23-11-13-25-56(50)67-64)51-34-30-38-14-2-5-17-42(38)52-36-53-48-33-29-40-16-4-7-19-44(40)62(48)66-55-24-12-10-22-49(55)60(59(51)52)63(53)66/h2-25,27-29,33,35-37,46,51H,26,30-32,34H2,1H3/b54-35+,65-61-. The Balaban J connectivity index is 1.05. The molecule has 0 amide bonds. The summed E-state index contributed by atoms with van der Waals surface area (Å²) in [5.41, 5.74) is 19.0. The first kappa shape index (κ1) is 37.8. The van der Waals surface area contributed by atoms with Crippen LogP contribution in [0.3, 0.4) is 0 Å². The van der Waals surface area contributed by atoms with Gasteiger partial charge in [0.15, 0.2) is 0 Å². The first-order valence-corrected chi connectivity index (χ1v) is 25.1. The van der Waals surface area contributed by atoms with E-state index in [2.05, 4.69) is 193 Å². The molecule has 318 valence electrons. The summed E-state index contributed by atoms with van der Waals surface area (Å²) in [6.07, 6.45) is 7.48. The van der Waals surface area contributed by atoms with Gasteiger partial charge in [0.25, 0.3) is 0 Å². The molecule has 1 aliphatic heterocycles. The van der Waals surface area contributed by atoms with Gasteiger partial charge in [-0.25, -0.2) is 0 Å². The lowest BCUT2D eigenvalue weighted by atomic mass is 9.80. The molecule has 15 rings (SSSR count). The average molecular weight is 875 g/mol. The number of fused-ring (bicyclic) bond motifs is 20. The summed E-state index contributed by atoms with van der Waals surface area (Å²) in [6.45, 7) is 2.47. The van der Waals surface area contributed by atoms with Crippen LogP contribution in [0.5, 0.6) is 0 Å². The van der Waals surface area contributed by atoms with Gasteiger partial charge in [0.1, 0.15) is 0 Å². The number of hydrogen-bond acceptors (Lipinski definition) is 2. The van der Waals surface area contributed by atoms with Crippen molar-refractivity contribution < 1.29 is 0 Å². The van der Waals surface area contributed by atoms with Crippen LogP contribution in [0.4, 0.5) is 0 Å². The number of aliphatic imine (C=N–C) groups is 1. The Morgan fingerprint density at radius 3 is 2.10 bits per heavy atom. The monoisotopic (exact) mass is 874 g/mol. The fraction of sp³-hybridized carbons (Fsp3) is 0.141. The SMILES string of the molecule is CC1C/C=C(C2CCc3ccc4ccccc4c3-c3ccccc32)/N=C(/C2CCc3ccccc3-c3cc4c5ccc6ccccc6c5n5c6ccccc6c(c32)c45)c2sc3ccccc3c21. The third kappa shape index (κ3) is 5.35. The van der Waals surface area contributed by atoms with Crippen molar-refractivity contribution in [1.29, 1.82) is 0 Å². The lowest BCUT2D eigenvalue weighted by molar-refractivity contribution is 0.686. The van der Waals surface area contributed by atoms with E-state index in [0.29, 0.717) is 5.92 Å². The number of aromatic nitrogens is 1. The number of hydrogen-bond donors (Lipinski definition) is 0. The summed E-state index contributed by atoms with van der Waals surface area (Å²) < 4.78 is 3.97. The van der Waals surface area contributed by atoms with Gasteiger partial charge in [-0.3, -0.25) is 4.99 Å². The van der Waals surface area contributed by atoms with Crippen LogP contribution in [0.2, 0.25) is 0 Å². The van der Waals surface area contributed by atoms with Gasteiger partial charge in [0.05, 0.1) is 27.1 Å². The summed E-state index contributed by atoms with van der Waals surface area (Å²) in [4.78, 5) is 7.69. The maximum atomic E-state index is 6.32. The lowest BCUT2D eigenvalue weighted by Crippen LogP contribution is -2.19. The van der Waals surface area contributed by atoms with E-state index in [4.69, 9.17) is 4.99 Å². The lowest BCUT2D eigenvalue weighted by Gasteiger charge is -2.28. The van der Waals surface area contributed by atoms with Crippen LogP contribution in [-0.4, -0.2) is 10.1 Å². The van der Waals surface area contributed by atoms with Crippen LogP contribution < -0.4 is 0 Å². The number of para-hydroxylation sites is 1. The molecule has 0 radical (unpaired) electrons. The molecule has 9 aromatic carbocycles. The largest absolute Gasteiger partial charge is 0.307 e. The van der Waals surface area contributed by atoms with Crippen molar-refractivity contribution in [3.05, 3.63) is 220 Å². The fourth-order valence-corrected chi connectivity index (χ4v) is 14.5. The predicted molar refractivity (Wildman–Crippen MR) is 285 cm³/mol. The molecule has 0 fully saturated rings. The van der Waals surface area contributed by atoms with Crippen LogP contribution in [0.15, 0.2) is 193 Å². The third-order valence-electron chi connectivity index (χ3n) is 16.1. The molecule has 0 saturated heterocycles. The van der Waals surface area contributed by atoms with Gasteiger partial charge in [0, 0.05) is 49.2 Å². The maximum absolute atomic E-state index is 6.32. The van der Waals surface area contributed by atoms with E-state index in [1.54, 1.807) is 0 Å². The molecule has 4 heterocycles. The molecule has 0 spiro atoms. The van der Waals surface area contributed by atoms with Crippen LogP contribution in [0.1, 0.15) is 76.6 Å². The zero-order chi connectivity index (χ0) is 43.9. The number of allylic oxidation sites excluding steroid dienone is 2. The minimum Gasteiger partial charge on any atom is -0.307 e. The Morgan fingerprint density at radius 1 is 0.522 bits per heavy atom. The Kier molecular flexibility index (Phi) is 8.10. The molecule has 67 heavy (non-hydrogen) atoms. The number of benzene rings is 9. The van der Waals surface area contributed by atoms with Gasteiger partial charge in [-0.2, -0.15) is 0 Å². The van der Waals surface area contributed by atoms with Gasteiger partial charge < -0.3 is 4.40 Å². The molecule has 0 N–H and O–H groups in total. The van der Waals surface area contributed by atoms with E-state index < -0.39 is 0 Å². The molecule has 0 bridgehead atoms. The Labute approximate surface area is 393 Å². The van der Waals surface area contributed by atoms with E-state index in [-0.39, 0.29) is 11.8 Å². The Morgan fingerprint density at radius 2 is 1.21 bits per heavy atom. The maximum Gasteiger partial charge on any atom is 0.0657 e. The molecule has 3 aromatic heterocycles. The van der Waals surface area contributed by atoms with Crippen LogP contribution in [0.25, 0.3) is 92.0 Å². The molecule has 3 aliphatic rings. The molecule has 2 aliphatic carbocycles. The van der Waals surface area contributed by atoms with Crippen molar-refractivity contribution in [2.45, 2.75) is 56.8 Å². The summed E-state index contributed by atoms with van der Waals surface area (Å²) in [7, 11) is 0. The minimum atomic E-state index is 0.0406. The first-order valence-electron chi connectivity index (χ1n) is 24.3. The fourth-order valence-electron chi connectivity index (χ4n) is 13.1. The molecular weight excluding hydrogens is 829 g/mol. The third-order valence-corrected chi connectivity index (χ3v) is 17.3. The van der Waals surface area contributed by atoms with Crippen molar-refractivity contribution in [1.82, 2.24) is 4.40 Å². The van der Waals surface area contributed by atoms with Crippen molar-refractivity contribution >= 4 is 86.8 Å². The second kappa shape index (κ2) is 14.3. The number of aryl methyl sites for hydroxylation is 2. The molecule has 12 aromatic rings. The quantitative estimate of drug-likeness (QED) is 0.165. The second-order valence-electron chi connectivity index (χ2n) is 19.5. The van der Waals surface area contributed by atoms with Crippen LogP contribution >= 0.6 is 11.3 Å². The first-order chi connectivity index (χ1) is 33.2. The van der Waals surface area contributed by atoms with Crippen molar-refractivity contribution in [2.24, 2.45) is 4.99 Å². The second-order valence-corrected chi connectivity index (χ2v) is 20.5. The van der Waals surface area contributed by atoms with Gasteiger partial charge >= 0.3 is 0 Å². The molecule has 3 heteroatoms. The number of rotatable bonds is 2. The van der Waals surface area contributed by atoms with E-state index >= 15 is 0 Å². The van der Waals surface area contributed by atoms with Gasteiger partial charge in [0.2, 0.25) is 0 Å². The topological polar surface area (TPSA) is 16.8 Å². The van der Waals surface area contributed by atoms with Crippen molar-refractivity contribution in [3.63, 3.8) is 0 Å². The average Bonchev–Trinajstić information content (AvgIpc) is 3.96. The van der Waals surface area contributed by atoms with Crippen molar-refractivity contribution in [3.8, 4) is 22.3 Å². The van der Waals surface area contributed by atoms with E-state index in [1.807, 2.05) is 11.3 Å². The highest BCUT2D eigenvalue weighted by Crippen LogP contribution is 2.54. The van der Waals surface area contributed by atoms with Crippen LogP contribution in [0, 0.1) is 0 Å². The highest BCUT2D eigenvalue weighted by molar-refractivity contribution is 7.21. The zero-order valence-corrected chi connectivity index (χ0v) is 38.2. The van der Waals surface area contributed by atoms with E-state index in [0.717, 1.165) is 32.1 Å². The van der Waals surface area contributed by atoms with E-state index in [9.17, 15) is 0 Å². The predicted octanol–water partition coefficient (Wildman–Crippen LogP) is 17.3. The van der Waals surface area contributed by atoms with Crippen molar-refractivity contribution in [2.75, 3.05) is 0 Å². The summed E-state index contributed by atoms with van der Waals surface area (Å²) in [6, 6.07) is 66.9. The normalized spacial score (nSPS) is 19.8. The van der Waals surface area contributed by atoms with Gasteiger partial charge in [-0.15, -0.1) is 11.3 Å². The summed E-state index contributed by atoms with van der Waals surface area (Å²) in [5, 5.41) is 12.0. The summed E-state index contributed by atoms with van der Waals surface area (Å²) in [5.74, 6) is 0.515. The molecular formula is C64H46N2S.